The van der Waals surface area contributed by atoms with E-state index in [9.17, 15) is 0 Å². The van der Waals surface area contributed by atoms with Crippen LogP contribution in [0.5, 0.6) is 0 Å². The van der Waals surface area contributed by atoms with Crippen LogP contribution in [0.3, 0.4) is 0 Å². The maximum Gasteiger partial charge on any atom is 0.226 e. The van der Waals surface area contributed by atoms with E-state index in [4.69, 9.17) is 0 Å². The number of rotatable bonds is 5. The monoisotopic (exact) mass is 246 g/mol. The Labute approximate surface area is 106 Å². The highest BCUT2D eigenvalue weighted by molar-refractivity contribution is 5.83. The van der Waals surface area contributed by atoms with Crippen LogP contribution >= 0.6 is 0 Å². The first-order valence-electron chi connectivity index (χ1n) is 6.39. The van der Waals surface area contributed by atoms with Gasteiger partial charge in [-0.2, -0.15) is 9.97 Å². The Balaban J connectivity index is 1.87. The summed E-state index contributed by atoms with van der Waals surface area (Å²) in [5, 5.41) is 6.40. The van der Waals surface area contributed by atoms with Crippen molar-refractivity contribution in [2.75, 3.05) is 24.2 Å². The fourth-order valence-electron chi connectivity index (χ4n) is 2.18. The molecule has 0 unspecified atom stereocenters. The minimum atomic E-state index is 0.483. The van der Waals surface area contributed by atoms with Crippen LogP contribution in [0.2, 0.25) is 0 Å². The van der Waals surface area contributed by atoms with Crippen molar-refractivity contribution in [3.05, 3.63) is 6.33 Å². The van der Waals surface area contributed by atoms with Gasteiger partial charge in [0.25, 0.3) is 0 Å². The van der Waals surface area contributed by atoms with Crippen molar-refractivity contribution >= 4 is 22.9 Å². The van der Waals surface area contributed by atoms with Crippen molar-refractivity contribution in [3.8, 4) is 0 Å². The lowest BCUT2D eigenvalue weighted by Gasteiger charge is -2.14. The molecule has 96 valence electrons. The predicted molar refractivity (Wildman–Crippen MR) is 71.7 cm³/mol. The molecule has 2 aromatic heterocycles. The van der Waals surface area contributed by atoms with Gasteiger partial charge in [0.2, 0.25) is 5.95 Å². The second-order valence-electron chi connectivity index (χ2n) is 4.95. The number of nitrogens with zero attached hydrogens (tertiary/aromatic N) is 3. The summed E-state index contributed by atoms with van der Waals surface area (Å²) in [6.45, 7) is 3.22. The number of H-pyrrole nitrogens is 1. The number of hydrogen-bond donors (Lipinski definition) is 3. The molecule has 3 rings (SSSR count). The molecule has 1 fully saturated rings. The summed E-state index contributed by atoms with van der Waals surface area (Å²) >= 11 is 0. The smallest absolute Gasteiger partial charge is 0.226 e. The first-order valence-corrected chi connectivity index (χ1v) is 6.39. The van der Waals surface area contributed by atoms with Crippen molar-refractivity contribution < 1.29 is 0 Å². The fraction of sp³-hybridized carbons (Fsp3) is 0.583. The molecule has 1 saturated carbocycles. The molecule has 0 atom stereocenters. The summed E-state index contributed by atoms with van der Waals surface area (Å²) in [5.41, 5.74) is 2.05. The van der Waals surface area contributed by atoms with E-state index in [-0.39, 0.29) is 0 Å². The molecule has 0 radical (unpaired) electrons. The second-order valence-corrected chi connectivity index (χ2v) is 4.95. The molecule has 0 amide bonds. The van der Waals surface area contributed by atoms with E-state index in [1.54, 1.807) is 6.33 Å². The zero-order valence-electron chi connectivity index (χ0n) is 10.7. The first kappa shape index (κ1) is 11.3. The Bertz CT molecular complexity index is 557. The average molecular weight is 246 g/mol. The third-order valence-electron chi connectivity index (χ3n) is 3.85. The molecule has 0 bridgehead atoms. The molecule has 6 heteroatoms. The van der Waals surface area contributed by atoms with Gasteiger partial charge < -0.3 is 15.6 Å². The van der Waals surface area contributed by atoms with Gasteiger partial charge in [0.1, 0.15) is 5.52 Å². The van der Waals surface area contributed by atoms with Crippen LogP contribution in [0.25, 0.3) is 11.2 Å². The average Bonchev–Trinajstić information content (AvgIpc) is 3.04. The summed E-state index contributed by atoms with van der Waals surface area (Å²) in [5.74, 6) is 1.43. The molecule has 2 heterocycles. The molecular formula is C12H18N6. The van der Waals surface area contributed by atoms with Crippen molar-refractivity contribution in [3.63, 3.8) is 0 Å². The SMILES string of the molecule is CCC1(CNc2nc(NC)nc3nc[nH]c23)CC1. The van der Waals surface area contributed by atoms with Crippen molar-refractivity contribution in [1.82, 2.24) is 19.9 Å². The lowest BCUT2D eigenvalue weighted by atomic mass is 10.0. The van der Waals surface area contributed by atoms with Crippen LogP contribution in [-0.2, 0) is 0 Å². The van der Waals surface area contributed by atoms with Crippen molar-refractivity contribution in [2.24, 2.45) is 5.41 Å². The second kappa shape index (κ2) is 4.12. The Morgan fingerprint density at radius 3 is 2.89 bits per heavy atom. The molecule has 1 aliphatic carbocycles. The molecule has 3 N–H and O–H groups in total. The van der Waals surface area contributed by atoms with E-state index < -0.39 is 0 Å². The van der Waals surface area contributed by atoms with Gasteiger partial charge >= 0.3 is 0 Å². The highest BCUT2D eigenvalue weighted by atomic mass is 15.2. The molecule has 0 aliphatic heterocycles. The van der Waals surface area contributed by atoms with Gasteiger partial charge in [-0.25, -0.2) is 4.98 Å². The molecule has 0 saturated heterocycles. The predicted octanol–water partition coefficient (Wildman–Crippen LogP) is 2.00. The van der Waals surface area contributed by atoms with Gasteiger partial charge in [-0.3, -0.25) is 0 Å². The van der Waals surface area contributed by atoms with Crippen LogP contribution in [-0.4, -0.2) is 33.5 Å². The summed E-state index contributed by atoms with van der Waals surface area (Å²) in [6, 6.07) is 0. The molecule has 0 aromatic carbocycles. The minimum Gasteiger partial charge on any atom is -0.368 e. The fourth-order valence-corrected chi connectivity index (χ4v) is 2.18. The number of hydrogen-bond acceptors (Lipinski definition) is 5. The van der Waals surface area contributed by atoms with Crippen molar-refractivity contribution in [1.29, 1.82) is 0 Å². The summed E-state index contributed by atoms with van der Waals surface area (Å²) in [4.78, 5) is 16.0. The number of aromatic nitrogens is 4. The van der Waals surface area contributed by atoms with E-state index >= 15 is 0 Å². The number of nitrogens with one attached hydrogen (secondary N) is 3. The van der Waals surface area contributed by atoms with Gasteiger partial charge in [0.15, 0.2) is 11.5 Å². The maximum absolute atomic E-state index is 4.45. The number of anilines is 2. The van der Waals surface area contributed by atoms with E-state index in [1.165, 1.54) is 19.3 Å². The normalized spacial score (nSPS) is 16.8. The topological polar surface area (TPSA) is 78.5 Å². The van der Waals surface area contributed by atoms with Crippen LogP contribution < -0.4 is 10.6 Å². The molecule has 2 aromatic rings. The van der Waals surface area contributed by atoms with Crippen molar-refractivity contribution in [2.45, 2.75) is 26.2 Å². The molecule has 0 spiro atoms. The first-order chi connectivity index (χ1) is 8.76. The van der Waals surface area contributed by atoms with Gasteiger partial charge in [-0.1, -0.05) is 6.92 Å². The number of fused-ring (bicyclic) bond motifs is 1. The lowest BCUT2D eigenvalue weighted by molar-refractivity contribution is 0.521. The van der Waals surface area contributed by atoms with E-state index in [0.29, 0.717) is 17.0 Å². The largest absolute Gasteiger partial charge is 0.368 e. The lowest BCUT2D eigenvalue weighted by Crippen LogP contribution is -2.16. The van der Waals surface area contributed by atoms with E-state index in [0.717, 1.165) is 17.9 Å². The van der Waals surface area contributed by atoms with Gasteiger partial charge in [-0.05, 0) is 24.7 Å². The third-order valence-corrected chi connectivity index (χ3v) is 3.85. The number of aromatic amines is 1. The third kappa shape index (κ3) is 1.87. The molecular weight excluding hydrogens is 228 g/mol. The Morgan fingerprint density at radius 1 is 1.39 bits per heavy atom. The maximum atomic E-state index is 4.45. The molecule has 1 aliphatic rings. The van der Waals surface area contributed by atoms with Crippen LogP contribution in [0.1, 0.15) is 26.2 Å². The standard InChI is InChI=1S/C12H18N6/c1-3-12(4-5-12)6-14-9-8-10(16-7-15-8)18-11(13-2)17-9/h7H,3-6H2,1-2H3,(H3,13,14,15,16,17,18). The Hall–Kier alpha value is -1.85. The highest BCUT2D eigenvalue weighted by Crippen LogP contribution is 2.48. The minimum absolute atomic E-state index is 0.483. The Kier molecular flexibility index (Phi) is 2.57. The van der Waals surface area contributed by atoms with Gasteiger partial charge in [0.05, 0.1) is 6.33 Å². The Morgan fingerprint density at radius 2 is 2.22 bits per heavy atom. The summed E-state index contributed by atoms with van der Waals surface area (Å²) in [6.07, 6.45) is 5.49. The van der Waals surface area contributed by atoms with Gasteiger partial charge in [0, 0.05) is 13.6 Å². The molecule has 18 heavy (non-hydrogen) atoms. The summed E-state index contributed by atoms with van der Waals surface area (Å²) < 4.78 is 0. The molecule has 6 nitrogen and oxygen atoms in total. The summed E-state index contributed by atoms with van der Waals surface area (Å²) in [7, 11) is 1.81. The zero-order valence-corrected chi connectivity index (χ0v) is 10.7. The number of imidazole rings is 1. The highest BCUT2D eigenvalue weighted by Gasteiger charge is 2.40. The van der Waals surface area contributed by atoms with Crippen LogP contribution in [0.4, 0.5) is 11.8 Å². The van der Waals surface area contributed by atoms with Crippen LogP contribution in [0.15, 0.2) is 6.33 Å². The zero-order chi connectivity index (χ0) is 12.6. The quantitative estimate of drug-likeness (QED) is 0.752. The van der Waals surface area contributed by atoms with Gasteiger partial charge in [-0.15, -0.1) is 0 Å². The van der Waals surface area contributed by atoms with E-state index in [2.05, 4.69) is 37.5 Å². The van der Waals surface area contributed by atoms with E-state index in [1.807, 2.05) is 7.05 Å². The van der Waals surface area contributed by atoms with Crippen LogP contribution in [0, 0.1) is 5.41 Å².